The number of aliphatic carboxylic acids is 1. The van der Waals surface area contributed by atoms with Gasteiger partial charge >= 0.3 is 5.97 Å². The van der Waals surface area contributed by atoms with Gasteiger partial charge in [-0.1, -0.05) is 23.7 Å². The normalized spacial score (nSPS) is 26.7. The Morgan fingerprint density at radius 2 is 2.26 bits per heavy atom. The van der Waals surface area contributed by atoms with E-state index in [1.54, 1.807) is 24.3 Å². The Hall–Kier alpha value is -1.86. The molecule has 1 fully saturated rings. The first kappa shape index (κ1) is 13.6. The molecule has 2 unspecified atom stereocenters. The molecule has 0 saturated heterocycles. The first-order valence-electron chi connectivity index (χ1n) is 5.91. The average molecular weight is 278 g/mol. The predicted octanol–water partition coefficient (Wildman–Crippen LogP) is 2.56. The Labute approximate surface area is 115 Å². The lowest BCUT2D eigenvalue weighted by molar-refractivity contribution is -0.148. The number of carbonyl (C=O) groups is 2. The number of hydrogen-bond acceptors (Lipinski definition) is 3. The van der Waals surface area contributed by atoms with Gasteiger partial charge in [-0.3, -0.25) is 9.59 Å². The van der Waals surface area contributed by atoms with Crippen molar-refractivity contribution < 1.29 is 14.7 Å². The largest absolute Gasteiger partial charge is 0.481 e. The van der Waals surface area contributed by atoms with E-state index in [9.17, 15) is 14.9 Å². The molecular formula is C14H12ClNO3. The van der Waals surface area contributed by atoms with Gasteiger partial charge in [0.25, 0.3) is 0 Å². The number of carboxylic acid groups (broad SMARTS) is 1. The number of carboxylic acids is 1. The van der Waals surface area contributed by atoms with Crippen molar-refractivity contribution in [3.05, 3.63) is 34.9 Å². The smallest absolute Gasteiger partial charge is 0.314 e. The third kappa shape index (κ3) is 2.47. The molecule has 98 valence electrons. The van der Waals surface area contributed by atoms with Crippen LogP contribution in [0.4, 0.5) is 0 Å². The van der Waals surface area contributed by atoms with E-state index in [1.807, 2.05) is 0 Å². The van der Waals surface area contributed by atoms with Crippen molar-refractivity contribution in [3.8, 4) is 6.07 Å². The summed E-state index contributed by atoms with van der Waals surface area (Å²) >= 11 is 5.92. The second kappa shape index (κ2) is 5.02. The van der Waals surface area contributed by atoms with Gasteiger partial charge in [-0.05, 0) is 30.5 Å². The molecule has 0 radical (unpaired) electrons. The van der Waals surface area contributed by atoms with Crippen LogP contribution in [-0.2, 0) is 15.0 Å². The molecule has 1 aliphatic carbocycles. The molecule has 0 heterocycles. The zero-order valence-electron chi connectivity index (χ0n) is 10.1. The maximum Gasteiger partial charge on any atom is 0.314 e. The van der Waals surface area contributed by atoms with E-state index >= 15 is 0 Å². The van der Waals surface area contributed by atoms with Crippen molar-refractivity contribution in [1.29, 1.82) is 5.26 Å². The fraction of sp³-hybridized carbons (Fsp3) is 0.357. The number of hydrogen-bond donors (Lipinski definition) is 1. The summed E-state index contributed by atoms with van der Waals surface area (Å²) in [7, 11) is 0. The zero-order chi connectivity index (χ0) is 14.0. The highest BCUT2D eigenvalue weighted by Gasteiger charge is 2.44. The molecule has 0 spiro atoms. The van der Waals surface area contributed by atoms with Crippen LogP contribution in [0.2, 0.25) is 5.02 Å². The Morgan fingerprint density at radius 1 is 1.53 bits per heavy atom. The van der Waals surface area contributed by atoms with Crippen molar-refractivity contribution in [3.63, 3.8) is 0 Å². The third-order valence-corrected chi connectivity index (χ3v) is 3.86. The molecule has 2 rings (SSSR count). The quantitative estimate of drug-likeness (QED) is 0.843. The molecule has 1 N–H and O–H groups in total. The lowest BCUT2D eigenvalue weighted by Crippen LogP contribution is -2.39. The van der Waals surface area contributed by atoms with E-state index in [1.165, 1.54) is 0 Å². The van der Waals surface area contributed by atoms with Gasteiger partial charge in [0.2, 0.25) is 0 Å². The fourth-order valence-corrected chi connectivity index (χ4v) is 2.70. The molecule has 2 atom stereocenters. The van der Waals surface area contributed by atoms with Crippen LogP contribution in [0, 0.1) is 17.2 Å². The Bertz CT molecular complexity index is 578. The van der Waals surface area contributed by atoms with Crippen LogP contribution >= 0.6 is 11.6 Å². The summed E-state index contributed by atoms with van der Waals surface area (Å²) in [6.45, 7) is 0. The van der Waals surface area contributed by atoms with Gasteiger partial charge in [-0.15, -0.1) is 0 Å². The van der Waals surface area contributed by atoms with E-state index in [0.717, 1.165) is 0 Å². The SMILES string of the molecule is N#CC1(c2cccc(Cl)c2)CCC(=O)C(C(=O)O)C1. The Morgan fingerprint density at radius 3 is 2.84 bits per heavy atom. The highest BCUT2D eigenvalue weighted by molar-refractivity contribution is 6.30. The highest BCUT2D eigenvalue weighted by Crippen LogP contribution is 2.41. The van der Waals surface area contributed by atoms with Crippen LogP contribution in [0.1, 0.15) is 24.8 Å². The van der Waals surface area contributed by atoms with Crippen LogP contribution in [0.15, 0.2) is 24.3 Å². The summed E-state index contributed by atoms with van der Waals surface area (Å²) in [6, 6.07) is 9.03. The molecule has 1 aromatic carbocycles. The van der Waals surface area contributed by atoms with Gasteiger partial charge in [0.05, 0.1) is 11.5 Å². The Kier molecular flexibility index (Phi) is 3.59. The van der Waals surface area contributed by atoms with Gasteiger partial charge in [-0.2, -0.15) is 5.26 Å². The molecule has 0 aromatic heterocycles. The zero-order valence-corrected chi connectivity index (χ0v) is 10.9. The molecule has 0 bridgehead atoms. The molecule has 1 saturated carbocycles. The first-order chi connectivity index (χ1) is 8.98. The van der Waals surface area contributed by atoms with Crippen LogP contribution < -0.4 is 0 Å². The fourth-order valence-electron chi connectivity index (χ4n) is 2.51. The number of halogens is 1. The summed E-state index contributed by atoms with van der Waals surface area (Å²) in [5, 5.41) is 19.1. The van der Waals surface area contributed by atoms with Crippen LogP contribution in [0.5, 0.6) is 0 Å². The van der Waals surface area contributed by atoms with Crippen molar-refractivity contribution in [2.75, 3.05) is 0 Å². The summed E-state index contributed by atoms with van der Waals surface area (Å²) in [5.74, 6) is -2.57. The van der Waals surface area contributed by atoms with Crippen LogP contribution in [0.25, 0.3) is 0 Å². The summed E-state index contributed by atoms with van der Waals surface area (Å²) < 4.78 is 0. The van der Waals surface area contributed by atoms with E-state index in [-0.39, 0.29) is 18.6 Å². The standard InChI is InChI=1S/C14H12ClNO3/c15-10-3-1-2-9(6-10)14(8-16)5-4-12(17)11(7-14)13(18)19/h1-3,6,11H,4-5,7H2,(H,18,19). The van der Waals surface area contributed by atoms with Crippen molar-refractivity contribution >= 4 is 23.4 Å². The number of carbonyl (C=O) groups excluding carboxylic acids is 1. The van der Waals surface area contributed by atoms with Gasteiger partial charge in [0, 0.05) is 11.4 Å². The summed E-state index contributed by atoms with van der Waals surface area (Å²) in [4.78, 5) is 22.7. The van der Waals surface area contributed by atoms with Crippen molar-refractivity contribution in [1.82, 2.24) is 0 Å². The number of rotatable bonds is 2. The van der Waals surface area contributed by atoms with E-state index in [0.29, 0.717) is 17.0 Å². The van der Waals surface area contributed by atoms with Gasteiger partial charge in [0.1, 0.15) is 11.7 Å². The number of nitriles is 1. The highest BCUT2D eigenvalue weighted by atomic mass is 35.5. The molecule has 0 aliphatic heterocycles. The number of benzene rings is 1. The molecule has 0 amide bonds. The number of ketones is 1. The van der Waals surface area contributed by atoms with Crippen LogP contribution in [-0.4, -0.2) is 16.9 Å². The third-order valence-electron chi connectivity index (χ3n) is 3.63. The number of nitrogens with zero attached hydrogens (tertiary/aromatic N) is 1. The second-order valence-electron chi connectivity index (χ2n) is 4.77. The van der Waals surface area contributed by atoms with Crippen molar-refractivity contribution in [2.24, 2.45) is 5.92 Å². The minimum Gasteiger partial charge on any atom is -0.481 e. The van der Waals surface area contributed by atoms with E-state index < -0.39 is 17.3 Å². The average Bonchev–Trinajstić information content (AvgIpc) is 2.39. The lowest BCUT2D eigenvalue weighted by Gasteiger charge is -2.33. The minimum atomic E-state index is -1.16. The molecule has 5 heteroatoms. The van der Waals surface area contributed by atoms with Crippen molar-refractivity contribution in [2.45, 2.75) is 24.7 Å². The lowest BCUT2D eigenvalue weighted by atomic mass is 9.66. The molecule has 1 aromatic rings. The van der Waals surface area contributed by atoms with E-state index in [2.05, 4.69) is 6.07 Å². The first-order valence-corrected chi connectivity index (χ1v) is 6.29. The van der Waals surface area contributed by atoms with Gasteiger partial charge in [0.15, 0.2) is 0 Å². The van der Waals surface area contributed by atoms with Crippen LogP contribution in [0.3, 0.4) is 0 Å². The molecule has 1 aliphatic rings. The predicted molar refractivity (Wildman–Crippen MR) is 68.7 cm³/mol. The summed E-state index contributed by atoms with van der Waals surface area (Å²) in [5.41, 5.74) is -0.261. The maximum atomic E-state index is 11.6. The van der Waals surface area contributed by atoms with Gasteiger partial charge in [-0.25, -0.2) is 0 Å². The topological polar surface area (TPSA) is 78.2 Å². The minimum absolute atomic E-state index is 0.0119. The second-order valence-corrected chi connectivity index (χ2v) is 5.20. The summed E-state index contributed by atoms with van der Waals surface area (Å²) in [6.07, 6.45) is 0.460. The van der Waals surface area contributed by atoms with Gasteiger partial charge < -0.3 is 5.11 Å². The molecular weight excluding hydrogens is 266 g/mol. The Balaban J connectivity index is 2.42. The van der Waals surface area contributed by atoms with E-state index in [4.69, 9.17) is 16.7 Å². The molecule has 4 nitrogen and oxygen atoms in total. The maximum absolute atomic E-state index is 11.6. The monoisotopic (exact) mass is 277 g/mol. The number of Topliss-reactive ketones (excluding diaryl/α,β-unsaturated/α-hetero) is 1. The molecule has 19 heavy (non-hydrogen) atoms.